The van der Waals surface area contributed by atoms with Crippen LogP contribution in [0, 0.1) is 5.82 Å². The maximum Gasteiger partial charge on any atom is 0.220 e. The maximum absolute atomic E-state index is 13.1. The molecule has 5 heteroatoms. The molecule has 0 aliphatic carbocycles. The van der Waals surface area contributed by atoms with Crippen LogP contribution in [0.4, 0.5) is 4.39 Å². The fraction of sp³-hybridized carbons (Fsp3) is 0.222. The molecule has 1 heterocycles. The number of halogens is 1. The highest BCUT2D eigenvalue weighted by Crippen LogP contribution is 2.22. The molecule has 0 aliphatic heterocycles. The van der Waals surface area contributed by atoms with E-state index in [-0.39, 0.29) is 11.7 Å². The van der Waals surface area contributed by atoms with E-state index >= 15 is 0 Å². The van der Waals surface area contributed by atoms with Gasteiger partial charge in [0.25, 0.3) is 0 Å². The molecule has 0 saturated heterocycles. The first kappa shape index (κ1) is 15.6. The van der Waals surface area contributed by atoms with E-state index in [2.05, 4.69) is 16.4 Å². The molecule has 0 unspecified atom stereocenters. The predicted molar refractivity (Wildman–Crippen MR) is 90.8 cm³/mol. The summed E-state index contributed by atoms with van der Waals surface area (Å²) in [6, 6.07) is 14.3. The third-order valence-electron chi connectivity index (χ3n) is 3.51. The Kier molecular flexibility index (Phi) is 4.98. The molecular weight excluding hydrogens is 311 g/mol. The summed E-state index contributed by atoms with van der Waals surface area (Å²) in [5.41, 5.74) is 1.78. The first-order chi connectivity index (χ1) is 11.2. The highest BCUT2D eigenvalue weighted by molar-refractivity contribution is 7.18. The quantitative estimate of drug-likeness (QED) is 0.741. The standard InChI is InChI=1S/C18H17FN2OS/c19-14-6-3-5-13(11-14)12-20-17(22)9-4-10-18-21-15-7-1-2-8-16(15)23-18/h1-3,5-8,11H,4,9-10,12H2,(H,20,22). The molecule has 0 spiro atoms. The number of thiazole rings is 1. The molecule has 0 radical (unpaired) electrons. The van der Waals surface area contributed by atoms with Crippen molar-refractivity contribution in [1.29, 1.82) is 0 Å². The van der Waals surface area contributed by atoms with Gasteiger partial charge in [-0.15, -0.1) is 11.3 Å². The molecule has 3 nitrogen and oxygen atoms in total. The minimum Gasteiger partial charge on any atom is -0.352 e. The van der Waals surface area contributed by atoms with Crippen molar-refractivity contribution < 1.29 is 9.18 Å². The normalized spacial score (nSPS) is 10.8. The number of fused-ring (bicyclic) bond motifs is 1. The highest BCUT2D eigenvalue weighted by Gasteiger charge is 2.06. The fourth-order valence-corrected chi connectivity index (χ4v) is 3.37. The minimum atomic E-state index is -0.285. The molecule has 3 aromatic rings. The van der Waals surface area contributed by atoms with Gasteiger partial charge >= 0.3 is 0 Å². The topological polar surface area (TPSA) is 42.0 Å². The Morgan fingerprint density at radius 3 is 2.87 bits per heavy atom. The van der Waals surface area contributed by atoms with Crippen molar-refractivity contribution in [2.75, 3.05) is 0 Å². The molecule has 0 saturated carbocycles. The van der Waals surface area contributed by atoms with Crippen molar-refractivity contribution in [1.82, 2.24) is 10.3 Å². The van der Waals surface area contributed by atoms with Gasteiger partial charge < -0.3 is 5.32 Å². The number of carbonyl (C=O) groups is 1. The fourth-order valence-electron chi connectivity index (χ4n) is 2.36. The summed E-state index contributed by atoms with van der Waals surface area (Å²) < 4.78 is 14.2. The summed E-state index contributed by atoms with van der Waals surface area (Å²) >= 11 is 1.68. The number of benzene rings is 2. The average molecular weight is 328 g/mol. The van der Waals surface area contributed by atoms with Crippen LogP contribution in [-0.4, -0.2) is 10.9 Å². The molecule has 118 valence electrons. The van der Waals surface area contributed by atoms with Crippen molar-refractivity contribution in [3.8, 4) is 0 Å². The van der Waals surface area contributed by atoms with E-state index in [0.717, 1.165) is 28.9 Å². The van der Waals surface area contributed by atoms with E-state index in [4.69, 9.17) is 0 Å². The van der Waals surface area contributed by atoms with E-state index in [1.165, 1.54) is 16.8 Å². The Morgan fingerprint density at radius 1 is 1.17 bits per heavy atom. The zero-order chi connectivity index (χ0) is 16.1. The number of amides is 1. The van der Waals surface area contributed by atoms with Gasteiger partial charge in [-0.3, -0.25) is 4.79 Å². The summed E-state index contributed by atoms with van der Waals surface area (Å²) in [5.74, 6) is -0.303. The van der Waals surface area contributed by atoms with Crippen LogP contribution in [0.3, 0.4) is 0 Å². The molecule has 0 atom stereocenters. The zero-order valence-electron chi connectivity index (χ0n) is 12.6. The smallest absolute Gasteiger partial charge is 0.220 e. The number of nitrogens with one attached hydrogen (secondary N) is 1. The molecule has 2 aromatic carbocycles. The van der Waals surface area contributed by atoms with Crippen molar-refractivity contribution in [3.63, 3.8) is 0 Å². The average Bonchev–Trinajstić information content (AvgIpc) is 2.96. The van der Waals surface area contributed by atoms with Crippen LogP contribution in [0.2, 0.25) is 0 Å². The SMILES string of the molecule is O=C(CCCc1nc2ccccc2s1)NCc1cccc(F)c1. The van der Waals surface area contributed by atoms with E-state index in [0.29, 0.717) is 13.0 Å². The number of aromatic nitrogens is 1. The molecule has 3 rings (SSSR count). The molecule has 1 amide bonds. The number of nitrogens with zero attached hydrogens (tertiary/aromatic N) is 1. The van der Waals surface area contributed by atoms with E-state index in [1.54, 1.807) is 23.5 Å². The largest absolute Gasteiger partial charge is 0.352 e. The van der Waals surface area contributed by atoms with Crippen molar-refractivity contribution >= 4 is 27.5 Å². The Morgan fingerprint density at radius 2 is 2.04 bits per heavy atom. The second kappa shape index (κ2) is 7.33. The lowest BCUT2D eigenvalue weighted by molar-refractivity contribution is -0.121. The van der Waals surface area contributed by atoms with Gasteiger partial charge in [0.2, 0.25) is 5.91 Å². The van der Waals surface area contributed by atoms with Crippen LogP contribution in [0.15, 0.2) is 48.5 Å². The van der Waals surface area contributed by atoms with E-state index in [9.17, 15) is 9.18 Å². The Labute approximate surface area is 138 Å². The van der Waals surface area contributed by atoms with Crippen LogP contribution in [0.1, 0.15) is 23.4 Å². The Hall–Kier alpha value is -2.27. The second-order valence-corrected chi connectivity index (χ2v) is 6.45. The number of hydrogen-bond acceptors (Lipinski definition) is 3. The highest BCUT2D eigenvalue weighted by atomic mass is 32.1. The van der Waals surface area contributed by atoms with Crippen molar-refractivity contribution in [2.45, 2.75) is 25.8 Å². The van der Waals surface area contributed by atoms with Gasteiger partial charge in [-0.2, -0.15) is 0 Å². The molecule has 23 heavy (non-hydrogen) atoms. The maximum atomic E-state index is 13.1. The molecule has 1 N–H and O–H groups in total. The lowest BCUT2D eigenvalue weighted by Crippen LogP contribution is -2.22. The molecular formula is C18H17FN2OS. The lowest BCUT2D eigenvalue weighted by Gasteiger charge is -2.05. The second-order valence-electron chi connectivity index (χ2n) is 5.34. The molecule has 0 bridgehead atoms. The summed E-state index contributed by atoms with van der Waals surface area (Å²) in [6.45, 7) is 0.359. The van der Waals surface area contributed by atoms with Crippen molar-refractivity contribution in [3.05, 3.63) is 64.9 Å². The van der Waals surface area contributed by atoms with Crippen LogP contribution < -0.4 is 5.32 Å². The number of rotatable bonds is 6. The molecule has 1 aromatic heterocycles. The number of hydrogen-bond donors (Lipinski definition) is 1. The van der Waals surface area contributed by atoms with Gasteiger partial charge in [0.15, 0.2) is 0 Å². The number of carbonyl (C=O) groups excluding carboxylic acids is 1. The monoisotopic (exact) mass is 328 g/mol. The van der Waals surface area contributed by atoms with Crippen LogP contribution in [0.5, 0.6) is 0 Å². The Bertz CT molecular complexity index is 782. The van der Waals surface area contributed by atoms with Gasteiger partial charge in [0, 0.05) is 13.0 Å². The van der Waals surface area contributed by atoms with Crippen LogP contribution >= 0.6 is 11.3 Å². The van der Waals surface area contributed by atoms with Gasteiger partial charge in [-0.1, -0.05) is 24.3 Å². The number of para-hydroxylation sites is 1. The third kappa shape index (κ3) is 4.36. The van der Waals surface area contributed by atoms with Gasteiger partial charge in [-0.05, 0) is 42.7 Å². The summed E-state index contributed by atoms with van der Waals surface area (Å²) in [6.07, 6.45) is 2.01. The predicted octanol–water partition coefficient (Wildman–Crippen LogP) is 4.07. The van der Waals surface area contributed by atoms with Gasteiger partial charge in [-0.25, -0.2) is 9.37 Å². The third-order valence-corrected chi connectivity index (χ3v) is 4.61. The summed E-state index contributed by atoms with van der Waals surface area (Å²) in [7, 11) is 0. The van der Waals surface area contributed by atoms with Crippen LogP contribution in [0.25, 0.3) is 10.2 Å². The molecule has 0 fully saturated rings. The first-order valence-corrected chi connectivity index (χ1v) is 8.38. The van der Waals surface area contributed by atoms with E-state index in [1.807, 2.05) is 18.2 Å². The summed E-state index contributed by atoms with van der Waals surface area (Å²) in [4.78, 5) is 16.4. The van der Waals surface area contributed by atoms with E-state index < -0.39 is 0 Å². The minimum absolute atomic E-state index is 0.0182. The zero-order valence-corrected chi connectivity index (χ0v) is 13.4. The summed E-state index contributed by atoms with van der Waals surface area (Å²) in [5, 5.41) is 3.88. The van der Waals surface area contributed by atoms with Gasteiger partial charge in [0.05, 0.1) is 15.2 Å². The Balaban J connectivity index is 1.44. The van der Waals surface area contributed by atoms with Crippen LogP contribution in [-0.2, 0) is 17.8 Å². The molecule has 0 aliphatic rings. The van der Waals surface area contributed by atoms with Crippen molar-refractivity contribution in [2.24, 2.45) is 0 Å². The van der Waals surface area contributed by atoms with Gasteiger partial charge in [0.1, 0.15) is 5.82 Å². The number of aryl methyl sites for hydroxylation is 1. The first-order valence-electron chi connectivity index (χ1n) is 7.56. The lowest BCUT2D eigenvalue weighted by atomic mass is 10.2.